The summed E-state index contributed by atoms with van der Waals surface area (Å²) >= 11 is 0. The first-order valence-electron chi connectivity index (χ1n) is 13.4. The minimum absolute atomic E-state index is 0.112. The van der Waals surface area contributed by atoms with Gasteiger partial charge in [-0.15, -0.1) is 0 Å². The molecule has 0 spiro atoms. The fraction of sp³-hybridized carbons (Fsp3) is 0.310. The number of amides is 1. The van der Waals surface area contributed by atoms with Gasteiger partial charge in [-0.2, -0.15) is 23.0 Å². The molecule has 4 aromatic rings. The average molecular weight is 581 g/mol. The molecular formula is C29H31F3N8O2. The molecule has 13 heteroatoms. The third-order valence-electron chi connectivity index (χ3n) is 7.05. The number of aliphatic hydroxyl groups excluding tert-OH is 1. The predicted molar refractivity (Wildman–Crippen MR) is 155 cm³/mol. The highest BCUT2D eigenvalue weighted by Crippen LogP contribution is 2.34. The van der Waals surface area contributed by atoms with Crippen LogP contribution in [-0.4, -0.2) is 57.0 Å². The maximum atomic E-state index is 13.8. The lowest BCUT2D eigenvalue weighted by Crippen LogP contribution is -2.36. The lowest BCUT2D eigenvalue weighted by molar-refractivity contribution is -0.137. The zero-order chi connectivity index (χ0) is 30.0. The third kappa shape index (κ3) is 6.46. The van der Waals surface area contributed by atoms with Crippen molar-refractivity contribution in [2.75, 3.05) is 41.0 Å². The Hall–Kier alpha value is -4.65. The molecule has 4 N–H and O–H groups in total. The van der Waals surface area contributed by atoms with E-state index < -0.39 is 23.8 Å². The first-order chi connectivity index (χ1) is 20.0. The van der Waals surface area contributed by atoms with Crippen LogP contribution < -0.4 is 20.9 Å². The smallest absolute Gasteiger partial charge is 0.393 e. The van der Waals surface area contributed by atoms with E-state index in [-0.39, 0.29) is 5.56 Å². The summed E-state index contributed by atoms with van der Waals surface area (Å²) in [4.78, 5) is 23.5. The Morgan fingerprint density at radius 1 is 1.02 bits per heavy atom. The molecule has 0 atom stereocenters. The Labute approximate surface area is 240 Å². The molecule has 10 nitrogen and oxygen atoms in total. The van der Waals surface area contributed by atoms with Gasteiger partial charge in [-0.3, -0.25) is 4.79 Å². The molecule has 5 rings (SSSR count). The molecule has 1 saturated heterocycles. The van der Waals surface area contributed by atoms with Gasteiger partial charge in [0.1, 0.15) is 18.0 Å². The lowest BCUT2D eigenvalue weighted by atomic mass is 10.0. The number of halogens is 3. The van der Waals surface area contributed by atoms with Crippen molar-refractivity contribution in [3.8, 4) is 5.82 Å². The molecule has 1 aliphatic heterocycles. The van der Waals surface area contributed by atoms with E-state index in [9.17, 15) is 23.1 Å². The van der Waals surface area contributed by atoms with E-state index in [0.717, 1.165) is 23.4 Å². The first kappa shape index (κ1) is 28.9. The minimum atomic E-state index is -4.63. The molecule has 0 aliphatic carbocycles. The number of hydrogen-bond acceptors (Lipinski definition) is 8. The topological polar surface area (TPSA) is 120 Å². The van der Waals surface area contributed by atoms with Crippen molar-refractivity contribution in [2.45, 2.75) is 39.0 Å². The quantitative estimate of drug-likeness (QED) is 0.233. The molecule has 1 amide bonds. The third-order valence-corrected chi connectivity index (χ3v) is 7.05. The summed E-state index contributed by atoms with van der Waals surface area (Å²) in [5.41, 5.74) is 1.95. The van der Waals surface area contributed by atoms with Gasteiger partial charge in [-0.05, 0) is 62.6 Å². The highest BCUT2D eigenvalue weighted by atomic mass is 19.4. The number of carbonyl (C=O) groups is 1. The number of nitrogens with zero attached hydrogens (tertiary/aromatic N) is 5. The van der Waals surface area contributed by atoms with Crippen LogP contribution in [0.25, 0.3) is 5.82 Å². The van der Waals surface area contributed by atoms with E-state index in [1.807, 2.05) is 19.9 Å². The van der Waals surface area contributed by atoms with Crippen LogP contribution in [0.3, 0.4) is 0 Å². The number of piperidine rings is 1. The van der Waals surface area contributed by atoms with Crippen molar-refractivity contribution < 1.29 is 23.1 Å². The van der Waals surface area contributed by atoms with Crippen LogP contribution >= 0.6 is 0 Å². The van der Waals surface area contributed by atoms with Crippen LogP contribution in [0.15, 0.2) is 54.9 Å². The maximum Gasteiger partial charge on any atom is 0.416 e. The Morgan fingerprint density at radius 2 is 1.79 bits per heavy atom. The van der Waals surface area contributed by atoms with Gasteiger partial charge in [0.15, 0.2) is 5.82 Å². The van der Waals surface area contributed by atoms with Crippen LogP contribution in [0.1, 0.15) is 40.0 Å². The molecule has 2 aromatic carbocycles. The number of aryl methyl sites for hydroxylation is 2. The number of hydrogen-bond donors (Lipinski definition) is 4. The van der Waals surface area contributed by atoms with Gasteiger partial charge >= 0.3 is 6.18 Å². The predicted octanol–water partition coefficient (Wildman–Crippen LogP) is 5.30. The van der Waals surface area contributed by atoms with Gasteiger partial charge in [-0.1, -0.05) is 6.07 Å². The van der Waals surface area contributed by atoms with Crippen molar-refractivity contribution in [3.05, 3.63) is 77.2 Å². The normalized spacial score (nSPS) is 14.1. The Bertz CT molecular complexity index is 1600. The zero-order valence-electron chi connectivity index (χ0n) is 23.3. The van der Waals surface area contributed by atoms with Gasteiger partial charge in [0.05, 0.1) is 17.4 Å². The van der Waals surface area contributed by atoms with E-state index in [1.165, 1.54) is 12.4 Å². The van der Waals surface area contributed by atoms with E-state index in [0.29, 0.717) is 60.4 Å². The fourth-order valence-corrected chi connectivity index (χ4v) is 4.75. The molecule has 220 valence electrons. The van der Waals surface area contributed by atoms with Crippen LogP contribution in [0, 0.1) is 13.8 Å². The number of benzene rings is 2. The van der Waals surface area contributed by atoms with Gasteiger partial charge in [0.2, 0.25) is 0 Å². The van der Waals surface area contributed by atoms with Gasteiger partial charge in [0.25, 0.3) is 5.91 Å². The molecule has 0 bridgehead atoms. The lowest BCUT2D eigenvalue weighted by Gasteiger charge is -2.32. The number of aliphatic hydroxyl groups is 1. The van der Waals surface area contributed by atoms with Gasteiger partial charge in [-0.25, -0.2) is 9.97 Å². The van der Waals surface area contributed by atoms with Crippen LogP contribution in [0.5, 0.6) is 0 Å². The fourth-order valence-electron chi connectivity index (χ4n) is 4.75. The van der Waals surface area contributed by atoms with E-state index in [2.05, 4.69) is 31.0 Å². The average Bonchev–Trinajstić information content (AvgIpc) is 3.34. The molecule has 0 unspecified atom stereocenters. The largest absolute Gasteiger partial charge is 0.416 e. The van der Waals surface area contributed by atoms with Crippen LogP contribution in [0.4, 0.5) is 41.9 Å². The van der Waals surface area contributed by atoms with Crippen LogP contribution in [-0.2, 0) is 6.18 Å². The zero-order valence-corrected chi connectivity index (χ0v) is 23.3. The highest BCUT2D eigenvalue weighted by Gasteiger charge is 2.33. The number of rotatable bonds is 7. The summed E-state index contributed by atoms with van der Waals surface area (Å²) < 4.78 is 42.9. The molecule has 1 fully saturated rings. The summed E-state index contributed by atoms with van der Waals surface area (Å²) in [5.74, 6) is 1.11. The van der Waals surface area contributed by atoms with Crippen molar-refractivity contribution in [3.63, 3.8) is 0 Å². The van der Waals surface area contributed by atoms with Crippen molar-refractivity contribution in [2.24, 2.45) is 0 Å². The van der Waals surface area contributed by atoms with E-state index in [4.69, 9.17) is 0 Å². The minimum Gasteiger partial charge on any atom is -0.393 e. The van der Waals surface area contributed by atoms with Crippen molar-refractivity contribution in [1.82, 2.24) is 19.7 Å². The summed E-state index contributed by atoms with van der Waals surface area (Å²) in [6.07, 6.45) is -2.78. The summed E-state index contributed by atoms with van der Waals surface area (Å²) in [5, 5.41) is 23.4. The SMILES string of the molecule is CNc1cc(-n2nc(C)cc2Nc2cc(NC(=O)c3cc(N4CCC(O)CC4)cc(C(F)(F)F)c3)ccc2C)ncn1. The summed E-state index contributed by atoms with van der Waals surface area (Å²) in [7, 11) is 1.75. The Kier molecular flexibility index (Phi) is 8.03. The molecule has 0 radical (unpaired) electrons. The molecule has 0 saturated carbocycles. The van der Waals surface area contributed by atoms with E-state index in [1.54, 1.807) is 40.9 Å². The van der Waals surface area contributed by atoms with Gasteiger partial charge < -0.3 is 26.0 Å². The number of alkyl halides is 3. The van der Waals surface area contributed by atoms with E-state index >= 15 is 0 Å². The maximum absolute atomic E-state index is 13.8. The molecule has 1 aliphatic rings. The van der Waals surface area contributed by atoms with Crippen LogP contribution in [0.2, 0.25) is 0 Å². The number of nitrogens with one attached hydrogen (secondary N) is 3. The molecule has 42 heavy (non-hydrogen) atoms. The highest BCUT2D eigenvalue weighted by molar-refractivity contribution is 6.05. The standard InChI is InChI=1S/C29H31F3N8O2/c1-17-4-5-21(14-24(17)37-27-10-18(2)38-40(27)26-15-25(33-3)34-16-35-26)36-28(42)19-11-20(29(30,31)32)13-22(12-19)39-8-6-23(41)7-9-39/h4-5,10-16,23,37,41H,6-9H2,1-3H3,(H,36,42)(H,33,34,35). The first-order valence-corrected chi connectivity index (χ1v) is 13.4. The van der Waals surface area contributed by atoms with Crippen molar-refractivity contribution in [1.29, 1.82) is 0 Å². The molecular weight excluding hydrogens is 549 g/mol. The summed E-state index contributed by atoms with van der Waals surface area (Å²) in [6.45, 7) is 4.54. The second-order valence-electron chi connectivity index (χ2n) is 10.2. The Morgan fingerprint density at radius 3 is 2.50 bits per heavy atom. The number of anilines is 5. The second-order valence-corrected chi connectivity index (χ2v) is 10.2. The Balaban J connectivity index is 1.40. The monoisotopic (exact) mass is 580 g/mol. The van der Waals surface area contributed by atoms with Crippen molar-refractivity contribution >= 4 is 34.6 Å². The molecule has 3 heterocycles. The molecule has 2 aromatic heterocycles. The number of carbonyl (C=O) groups excluding carboxylic acids is 1. The van der Waals surface area contributed by atoms with Gasteiger partial charge in [0, 0.05) is 54.9 Å². The summed E-state index contributed by atoms with van der Waals surface area (Å²) in [6, 6.07) is 12.1. The second kappa shape index (κ2) is 11.7. The number of aromatic nitrogens is 4.